The summed E-state index contributed by atoms with van der Waals surface area (Å²) in [5.41, 5.74) is 2.22. The van der Waals surface area contributed by atoms with Crippen molar-refractivity contribution in [2.24, 2.45) is 5.92 Å². The van der Waals surface area contributed by atoms with Gasteiger partial charge in [-0.15, -0.1) is 0 Å². The molecule has 0 saturated carbocycles. The van der Waals surface area contributed by atoms with Gasteiger partial charge in [-0.3, -0.25) is 14.5 Å². The molecule has 0 unspecified atom stereocenters. The molecular formula is C23H25N3O4. The Morgan fingerprint density at radius 2 is 1.97 bits per heavy atom. The Bertz CT molecular complexity index is 1090. The molecule has 1 amide bonds. The lowest BCUT2D eigenvalue weighted by Crippen LogP contribution is -2.50. The van der Waals surface area contributed by atoms with Crippen molar-refractivity contribution in [1.82, 2.24) is 9.55 Å². The second kappa shape index (κ2) is 8.18. The van der Waals surface area contributed by atoms with Gasteiger partial charge in [0.2, 0.25) is 11.9 Å². The van der Waals surface area contributed by atoms with Crippen LogP contribution in [0.3, 0.4) is 0 Å². The highest BCUT2D eigenvalue weighted by Crippen LogP contribution is 2.41. The summed E-state index contributed by atoms with van der Waals surface area (Å²) in [7, 11) is 0. The first-order chi connectivity index (χ1) is 14.6. The predicted molar refractivity (Wildman–Crippen MR) is 113 cm³/mol. The summed E-state index contributed by atoms with van der Waals surface area (Å²) in [6.07, 6.45) is 1.70. The van der Waals surface area contributed by atoms with Crippen LogP contribution in [0, 0.1) is 5.92 Å². The monoisotopic (exact) mass is 407 g/mol. The second-order valence-electron chi connectivity index (χ2n) is 7.38. The van der Waals surface area contributed by atoms with Crippen LogP contribution in [0.2, 0.25) is 0 Å². The highest BCUT2D eigenvalue weighted by atomic mass is 16.5. The smallest absolute Gasteiger partial charge is 0.321 e. The zero-order chi connectivity index (χ0) is 21.3. The molecule has 2 atom stereocenters. The highest BCUT2D eigenvalue weighted by molar-refractivity contribution is 6.08. The van der Waals surface area contributed by atoms with Gasteiger partial charge in [0.25, 0.3) is 0 Å². The number of carbonyl (C=O) groups is 2. The first-order valence-corrected chi connectivity index (χ1v) is 10.3. The van der Waals surface area contributed by atoms with Gasteiger partial charge in [0.05, 0.1) is 23.7 Å². The quantitative estimate of drug-likeness (QED) is 0.498. The molecule has 1 N–H and O–H groups in total. The SMILES string of the molecule is CCCCN1C(=O)[C@H](C(=O)OCC)[C@@H](c2cccc(O)c2)n2c1nc1ccccc12. The zero-order valence-corrected chi connectivity index (χ0v) is 17.1. The van der Waals surface area contributed by atoms with E-state index in [4.69, 9.17) is 9.72 Å². The van der Waals surface area contributed by atoms with E-state index in [0.29, 0.717) is 18.1 Å². The van der Waals surface area contributed by atoms with Crippen LogP contribution in [0.4, 0.5) is 5.95 Å². The normalized spacial score (nSPS) is 18.5. The van der Waals surface area contributed by atoms with Gasteiger partial charge in [0.1, 0.15) is 5.75 Å². The zero-order valence-electron chi connectivity index (χ0n) is 17.1. The molecule has 7 heteroatoms. The van der Waals surface area contributed by atoms with E-state index in [0.717, 1.165) is 23.9 Å². The molecule has 156 valence electrons. The standard InChI is InChI=1S/C23H25N3O4/c1-3-5-13-25-21(28)19(22(29)30-4-2)20(15-9-8-10-16(27)14-15)26-18-12-7-6-11-17(18)24-23(25)26/h6-12,14,19-20,27H,3-5,13H2,1-2H3/t19-,20-/m1/s1. The van der Waals surface area contributed by atoms with E-state index in [9.17, 15) is 14.7 Å². The molecular weight excluding hydrogens is 382 g/mol. The fourth-order valence-corrected chi connectivity index (χ4v) is 4.09. The van der Waals surface area contributed by atoms with Gasteiger partial charge in [-0.2, -0.15) is 0 Å². The Labute approximate surface area is 174 Å². The number of benzene rings is 2. The number of hydrogen-bond acceptors (Lipinski definition) is 5. The van der Waals surface area contributed by atoms with Crippen molar-refractivity contribution in [1.29, 1.82) is 0 Å². The minimum absolute atomic E-state index is 0.0712. The van der Waals surface area contributed by atoms with Gasteiger partial charge < -0.3 is 14.4 Å². The molecule has 1 aliphatic rings. The predicted octanol–water partition coefficient (Wildman–Crippen LogP) is 3.66. The van der Waals surface area contributed by atoms with Crippen LogP contribution in [0.1, 0.15) is 38.3 Å². The van der Waals surface area contributed by atoms with Crippen LogP contribution in [-0.2, 0) is 14.3 Å². The number of carbonyl (C=O) groups excluding carboxylic acids is 2. The average Bonchev–Trinajstić information content (AvgIpc) is 3.11. The Morgan fingerprint density at radius 1 is 1.17 bits per heavy atom. The number of imidazole rings is 1. The third kappa shape index (κ3) is 3.30. The first-order valence-electron chi connectivity index (χ1n) is 10.3. The molecule has 3 aromatic rings. The van der Waals surface area contributed by atoms with Crippen LogP contribution in [0.15, 0.2) is 48.5 Å². The fourth-order valence-electron chi connectivity index (χ4n) is 4.09. The number of esters is 1. The third-order valence-corrected chi connectivity index (χ3v) is 5.43. The maximum Gasteiger partial charge on any atom is 0.321 e. The lowest BCUT2D eigenvalue weighted by molar-refractivity contribution is -0.153. The van der Waals surface area contributed by atoms with E-state index in [1.165, 1.54) is 0 Å². The highest BCUT2D eigenvalue weighted by Gasteiger charge is 2.47. The van der Waals surface area contributed by atoms with Crippen molar-refractivity contribution in [3.05, 3.63) is 54.1 Å². The van der Waals surface area contributed by atoms with Gasteiger partial charge in [-0.25, -0.2) is 4.98 Å². The molecule has 1 aromatic heterocycles. The summed E-state index contributed by atoms with van der Waals surface area (Å²) >= 11 is 0. The Balaban J connectivity index is 1.98. The molecule has 2 aromatic carbocycles. The third-order valence-electron chi connectivity index (χ3n) is 5.43. The van der Waals surface area contributed by atoms with Crippen molar-refractivity contribution in [2.45, 2.75) is 32.7 Å². The minimum Gasteiger partial charge on any atom is -0.508 e. The van der Waals surface area contributed by atoms with E-state index < -0.39 is 17.9 Å². The van der Waals surface area contributed by atoms with E-state index in [-0.39, 0.29) is 18.3 Å². The van der Waals surface area contributed by atoms with Gasteiger partial charge >= 0.3 is 5.97 Å². The summed E-state index contributed by atoms with van der Waals surface area (Å²) in [5, 5.41) is 10.1. The number of para-hydroxylation sites is 2. The lowest BCUT2D eigenvalue weighted by atomic mass is 9.89. The Morgan fingerprint density at radius 3 is 2.70 bits per heavy atom. The number of rotatable bonds is 6. The second-order valence-corrected chi connectivity index (χ2v) is 7.38. The first kappa shape index (κ1) is 19.9. The van der Waals surface area contributed by atoms with Crippen LogP contribution in [-0.4, -0.2) is 39.7 Å². The summed E-state index contributed by atoms with van der Waals surface area (Å²) in [5.74, 6) is -1.36. The van der Waals surface area contributed by atoms with Crippen molar-refractivity contribution < 1.29 is 19.4 Å². The molecule has 0 fully saturated rings. The van der Waals surface area contributed by atoms with E-state index in [1.807, 2.05) is 34.9 Å². The number of amides is 1. The number of ether oxygens (including phenoxy) is 1. The van der Waals surface area contributed by atoms with Crippen molar-refractivity contribution in [3.8, 4) is 5.75 Å². The maximum atomic E-state index is 13.6. The summed E-state index contributed by atoms with van der Waals surface area (Å²) in [4.78, 5) is 32.9. The lowest BCUT2D eigenvalue weighted by Gasteiger charge is -2.38. The molecule has 2 heterocycles. The van der Waals surface area contributed by atoms with Gasteiger partial charge in [0, 0.05) is 6.54 Å². The molecule has 30 heavy (non-hydrogen) atoms. The fraction of sp³-hybridized carbons (Fsp3) is 0.348. The number of fused-ring (bicyclic) bond motifs is 3. The number of nitrogens with zero attached hydrogens (tertiary/aromatic N) is 3. The van der Waals surface area contributed by atoms with E-state index in [1.54, 1.807) is 30.0 Å². The summed E-state index contributed by atoms with van der Waals surface area (Å²) < 4.78 is 7.24. The van der Waals surface area contributed by atoms with Crippen molar-refractivity contribution in [2.75, 3.05) is 18.1 Å². The number of unbranched alkanes of at least 4 members (excludes halogenated alkanes) is 1. The van der Waals surface area contributed by atoms with Crippen molar-refractivity contribution in [3.63, 3.8) is 0 Å². The van der Waals surface area contributed by atoms with E-state index in [2.05, 4.69) is 6.92 Å². The van der Waals surface area contributed by atoms with Crippen LogP contribution >= 0.6 is 0 Å². The molecule has 0 saturated heterocycles. The van der Waals surface area contributed by atoms with Crippen molar-refractivity contribution >= 4 is 28.9 Å². The van der Waals surface area contributed by atoms with Crippen LogP contribution in [0.25, 0.3) is 11.0 Å². The number of aromatic nitrogens is 2. The number of aromatic hydroxyl groups is 1. The molecule has 1 aliphatic heterocycles. The number of phenolic OH excluding ortho intramolecular Hbond substituents is 1. The largest absolute Gasteiger partial charge is 0.508 e. The summed E-state index contributed by atoms with van der Waals surface area (Å²) in [6, 6.07) is 13.6. The molecule has 0 aliphatic carbocycles. The number of hydrogen-bond donors (Lipinski definition) is 1. The Kier molecular flexibility index (Phi) is 5.44. The van der Waals surface area contributed by atoms with Gasteiger partial charge in [-0.05, 0) is 43.2 Å². The summed E-state index contributed by atoms with van der Waals surface area (Å²) in [6.45, 7) is 4.43. The minimum atomic E-state index is -1.06. The van der Waals surface area contributed by atoms with Crippen LogP contribution < -0.4 is 4.90 Å². The average molecular weight is 407 g/mol. The molecule has 4 rings (SSSR count). The molecule has 0 bridgehead atoms. The Hall–Kier alpha value is -3.35. The molecule has 0 radical (unpaired) electrons. The van der Waals surface area contributed by atoms with Crippen LogP contribution in [0.5, 0.6) is 5.75 Å². The molecule has 0 spiro atoms. The molecule has 7 nitrogen and oxygen atoms in total. The van der Waals surface area contributed by atoms with E-state index >= 15 is 0 Å². The van der Waals surface area contributed by atoms with Gasteiger partial charge in [0.15, 0.2) is 5.92 Å². The maximum absolute atomic E-state index is 13.6. The number of anilines is 1. The van der Waals surface area contributed by atoms with Gasteiger partial charge in [-0.1, -0.05) is 37.6 Å². The topological polar surface area (TPSA) is 84.7 Å². The number of phenols is 1.